The van der Waals surface area contributed by atoms with Crippen LogP contribution in [0.15, 0.2) is 52.8 Å². The van der Waals surface area contributed by atoms with E-state index in [-0.39, 0.29) is 12.5 Å². The van der Waals surface area contributed by atoms with E-state index in [1.807, 2.05) is 37.3 Å². The Balaban J connectivity index is 1.78. The number of benzene rings is 1. The van der Waals surface area contributed by atoms with Crippen LogP contribution >= 0.6 is 11.3 Å². The Kier molecular flexibility index (Phi) is 7.98. The molecule has 1 atom stereocenters. The minimum absolute atomic E-state index is 0.0904. The van der Waals surface area contributed by atoms with E-state index in [1.165, 1.54) is 4.88 Å². The molecule has 0 spiro atoms. The zero-order valence-corrected chi connectivity index (χ0v) is 15.6. The number of aliphatic imine (C=N–C) groups is 1. The molecule has 5 nitrogen and oxygen atoms in total. The van der Waals surface area contributed by atoms with Crippen molar-refractivity contribution in [2.75, 3.05) is 19.6 Å². The summed E-state index contributed by atoms with van der Waals surface area (Å²) in [5.74, 6) is 0.976. The Labute approximate surface area is 153 Å². The predicted molar refractivity (Wildman–Crippen MR) is 105 cm³/mol. The summed E-state index contributed by atoms with van der Waals surface area (Å²) in [6.07, 6.45) is 0. The van der Waals surface area contributed by atoms with Crippen LogP contribution in [0.2, 0.25) is 0 Å². The summed E-state index contributed by atoms with van der Waals surface area (Å²) in [4.78, 5) is 17.7. The molecule has 1 amide bonds. The number of carbonyl (C=O) groups is 1. The third kappa shape index (κ3) is 6.97. The van der Waals surface area contributed by atoms with Gasteiger partial charge in [-0.3, -0.25) is 4.79 Å². The average molecular weight is 359 g/mol. The summed E-state index contributed by atoms with van der Waals surface area (Å²) in [6.45, 7) is 6.34. The molecule has 1 aromatic heterocycles. The maximum Gasteiger partial charge on any atom is 0.242 e. The number of nitrogens with zero attached hydrogens (tertiary/aromatic N) is 1. The minimum atomic E-state index is -0.0904. The number of amides is 1. The van der Waals surface area contributed by atoms with Gasteiger partial charge in [0.05, 0.1) is 0 Å². The highest BCUT2D eigenvalue weighted by molar-refractivity contribution is 7.10. The van der Waals surface area contributed by atoms with E-state index in [9.17, 15) is 4.79 Å². The predicted octanol–water partition coefficient (Wildman–Crippen LogP) is 2.72. The van der Waals surface area contributed by atoms with Crippen molar-refractivity contribution in [3.8, 4) is 0 Å². The van der Waals surface area contributed by atoms with Gasteiger partial charge in [0, 0.05) is 30.4 Å². The van der Waals surface area contributed by atoms with Crippen molar-refractivity contribution in [1.82, 2.24) is 16.0 Å². The van der Waals surface area contributed by atoms with Gasteiger partial charge in [-0.05, 0) is 23.9 Å². The molecular formula is C19H26N4OS. The second-order valence-corrected chi connectivity index (χ2v) is 6.73. The smallest absolute Gasteiger partial charge is 0.242 e. The maximum atomic E-state index is 12.0. The van der Waals surface area contributed by atoms with Gasteiger partial charge in [-0.15, -0.1) is 11.3 Å². The quantitative estimate of drug-likeness (QED) is 0.502. The maximum absolute atomic E-state index is 12.0. The summed E-state index contributed by atoms with van der Waals surface area (Å²) >= 11 is 1.75. The first kappa shape index (κ1) is 19.0. The van der Waals surface area contributed by atoms with Gasteiger partial charge in [0.2, 0.25) is 5.91 Å². The van der Waals surface area contributed by atoms with Crippen LogP contribution in [0.4, 0.5) is 0 Å². The van der Waals surface area contributed by atoms with Crippen LogP contribution in [-0.4, -0.2) is 31.5 Å². The van der Waals surface area contributed by atoms with Gasteiger partial charge in [0.1, 0.15) is 6.54 Å². The Morgan fingerprint density at radius 2 is 1.92 bits per heavy atom. The van der Waals surface area contributed by atoms with E-state index in [4.69, 9.17) is 0 Å². The second-order valence-electron chi connectivity index (χ2n) is 5.75. The van der Waals surface area contributed by atoms with Crippen molar-refractivity contribution in [2.24, 2.45) is 4.99 Å². The monoisotopic (exact) mass is 358 g/mol. The summed E-state index contributed by atoms with van der Waals surface area (Å²) in [7, 11) is 0. The lowest BCUT2D eigenvalue weighted by molar-refractivity contribution is -0.119. The molecule has 0 saturated carbocycles. The van der Waals surface area contributed by atoms with Gasteiger partial charge < -0.3 is 16.0 Å². The second kappa shape index (κ2) is 10.5. The number of thiophene rings is 1. The Morgan fingerprint density at radius 1 is 1.12 bits per heavy atom. The van der Waals surface area contributed by atoms with E-state index in [2.05, 4.69) is 45.4 Å². The lowest BCUT2D eigenvalue weighted by Gasteiger charge is -2.15. The van der Waals surface area contributed by atoms with Crippen molar-refractivity contribution in [3.05, 3.63) is 58.3 Å². The average Bonchev–Trinajstić information content (AvgIpc) is 3.17. The number of guanidine groups is 1. The third-order valence-electron chi connectivity index (χ3n) is 3.66. The zero-order chi connectivity index (χ0) is 17.9. The minimum Gasteiger partial charge on any atom is -0.357 e. The summed E-state index contributed by atoms with van der Waals surface area (Å²) in [5.41, 5.74) is 1.08. The first-order chi connectivity index (χ1) is 12.2. The zero-order valence-electron chi connectivity index (χ0n) is 14.8. The molecule has 0 aliphatic rings. The molecule has 2 aromatic rings. The largest absolute Gasteiger partial charge is 0.357 e. The third-order valence-corrected chi connectivity index (χ3v) is 4.77. The van der Waals surface area contributed by atoms with Crippen LogP contribution in [0.1, 0.15) is 30.2 Å². The van der Waals surface area contributed by atoms with Crippen molar-refractivity contribution in [3.63, 3.8) is 0 Å². The Bertz CT molecular complexity index is 655. The highest BCUT2D eigenvalue weighted by atomic mass is 32.1. The van der Waals surface area contributed by atoms with Crippen molar-refractivity contribution in [2.45, 2.75) is 26.3 Å². The number of hydrogen-bond donors (Lipinski definition) is 3. The molecule has 0 radical (unpaired) electrons. The summed E-state index contributed by atoms with van der Waals surface area (Å²) in [5, 5.41) is 11.4. The lowest BCUT2D eigenvalue weighted by atomic mass is 10.1. The SMILES string of the molecule is CCNC(=NCC(=O)NCc1ccccc1)NCC(C)c1cccs1. The van der Waals surface area contributed by atoms with Crippen LogP contribution in [-0.2, 0) is 11.3 Å². The molecule has 2 rings (SSSR count). The first-order valence-corrected chi connectivity index (χ1v) is 9.43. The topological polar surface area (TPSA) is 65.5 Å². The van der Waals surface area contributed by atoms with Gasteiger partial charge in [-0.1, -0.05) is 43.3 Å². The molecule has 0 saturated heterocycles. The highest BCUT2D eigenvalue weighted by Gasteiger charge is 2.08. The van der Waals surface area contributed by atoms with Crippen LogP contribution in [0.25, 0.3) is 0 Å². The van der Waals surface area contributed by atoms with E-state index in [0.717, 1.165) is 18.7 Å². The Morgan fingerprint density at radius 3 is 2.60 bits per heavy atom. The normalized spacial score (nSPS) is 12.5. The molecule has 0 bridgehead atoms. The van der Waals surface area contributed by atoms with Gasteiger partial charge in [0.15, 0.2) is 5.96 Å². The molecule has 1 unspecified atom stereocenters. The molecule has 6 heteroatoms. The standard InChI is InChI=1S/C19H26N4OS/c1-3-20-19(22-12-15(2)17-10-7-11-25-17)23-14-18(24)21-13-16-8-5-4-6-9-16/h4-11,15H,3,12-14H2,1-2H3,(H,21,24)(H2,20,22,23). The van der Waals surface area contributed by atoms with E-state index < -0.39 is 0 Å². The molecule has 0 fully saturated rings. The number of carbonyl (C=O) groups excluding carboxylic acids is 1. The van der Waals surface area contributed by atoms with E-state index in [0.29, 0.717) is 18.4 Å². The number of rotatable bonds is 8. The Hall–Kier alpha value is -2.34. The van der Waals surface area contributed by atoms with E-state index >= 15 is 0 Å². The van der Waals surface area contributed by atoms with Crippen molar-refractivity contribution < 1.29 is 4.79 Å². The van der Waals surface area contributed by atoms with Crippen molar-refractivity contribution in [1.29, 1.82) is 0 Å². The molecule has 0 aliphatic carbocycles. The molecular weight excluding hydrogens is 332 g/mol. The first-order valence-electron chi connectivity index (χ1n) is 8.55. The van der Waals surface area contributed by atoms with Gasteiger partial charge in [-0.25, -0.2) is 4.99 Å². The van der Waals surface area contributed by atoms with Crippen molar-refractivity contribution >= 4 is 23.2 Å². The van der Waals surface area contributed by atoms with Gasteiger partial charge in [-0.2, -0.15) is 0 Å². The fourth-order valence-corrected chi connectivity index (χ4v) is 3.05. The van der Waals surface area contributed by atoms with E-state index in [1.54, 1.807) is 11.3 Å². The summed E-state index contributed by atoms with van der Waals surface area (Å²) in [6, 6.07) is 14.1. The molecule has 0 aliphatic heterocycles. The number of nitrogens with one attached hydrogen (secondary N) is 3. The highest BCUT2D eigenvalue weighted by Crippen LogP contribution is 2.19. The molecule has 134 valence electrons. The molecule has 25 heavy (non-hydrogen) atoms. The van der Waals surface area contributed by atoms with Crippen LogP contribution < -0.4 is 16.0 Å². The lowest BCUT2D eigenvalue weighted by Crippen LogP contribution is -2.40. The molecule has 3 N–H and O–H groups in total. The van der Waals surface area contributed by atoms with Gasteiger partial charge >= 0.3 is 0 Å². The van der Waals surface area contributed by atoms with Crippen LogP contribution in [0.5, 0.6) is 0 Å². The molecule has 1 aromatic carbocycles. The summed E-state index contributed by atoms with van der Waals surface area (Å²) < 4.78 is 0. The fourth-order valence-electron chi connectivity index (χ4n) is 2.27. The number of hydrogen-bond acceptors (Lipinski definition) is 3. The van der Waals surface area contributed by atoms with Gasteiger partial charge in [0.25, 0.3) is 0 Å². The fraction of sp³-hybridized carbons (Fsp3) is 0.368. The van der Waals surface area contributed by atoms with Crippen LogP contribution in [0.3, 0.4) is 0 Å². The molecule has 1 heterocycles. The van der Waals surface area contributed by atoms with Crippen LogP contribution in [0, 0.1) is 0 Å².